The fourth-order valence-electron chi connectivity index (χ4n) is 1.82. The van der Waals surface area contributed by atoms with Gasteiger partial charge in [-0.15, -0.1) is 0 Å². The SMILES string of the molecule is Cc1ccccc1SC(=N)CCNC(=O)C(C)CCC(N)=O. The molecule has 1 unspecified atom stereocenters. The number of thioether (sulfide) groups is 1. The van der Waals surface area contributed by atoms with Crippen molar-refractivity contribution in [3.8, 4) is 0 Å². The molecule has 0 bridgehead atoms. The lowest BCUT2D eigenvalue weighted by molar-refractivity contribution is -0.125. The molecule has 2 amide bonds. The number of benzene rings is 1. The van der Waals surface area contributed by atoms with Gasteiger partial charge in [-0.2, -0.15) is 0 Å². The van der Waals surface area contributed by atoms with E-state index in [1.807, 2.05) is 31.2 Å². The number of hydrogen-bond donors (Lipinski definition) is 3. The minimum Gasteiger partial charge on any atom is -0.370 e. The van der Waals surface area contributed by atoms with Crippen molar-refractivity contribution in [2.45, 2.75) is 38.0 Å². The Balaban J connectivity index is 2.28. The van der Waals surface area contributed by atoms with E-state index in [1.165, 1.54) is 11.8 Å². The number of aryl methyl sites for hydroxylation is 1. The van der Waals surface area contributed by atoms with E-state index in [2.05, 4.69) is 5.32 Å². The summed E-state index contributed by atoms with van der Waals surface area (Å²) in [5.41, 5.74) is 6.20. The van der Waals surface area contributed by atoms with Crippen molar-refractivity contribution in [2.75, 3.05) is 6.54 Å². The topological polar surface area (TPSA) is 96.0 Å². The second-order valence-electron chi connectivity index (χ2n) is 5.24. The molecule has 1 aromatic rings. The lowest BCUT2D eigenvalue weighted by Gasteiger charge is -2.11. The van der Waals surface area contributed by atoms with Gasteiger partial charge in [0.05, 0.1) is 5.04 Å². The lowest BCUT2D eigenvalue weighted by Crippen LogP contribution is -2.31. The van der Waals surface area contributed by atoms with Gasteiger partial charge in [0, 0.05) is 30.2 Å². The molecule has 5 nitrogen and oxygen atoms in total. The monoisotopic (exact) mass is 321 g/mol. The van der Waals surface area contributed by atoms with E-state index in [4.69, 9.17) is 11.1 Å². The van der Waals surface area contributed by atoms with Crippen LogP contribution in [0.15, 0.2) is 29.2 Å². The molecule has 4 N–H and O–H groups in total. The second-order valence-corrected chi connectivity index (χ2v) is 6.37. The highest BCUT2D eigenvalue weighted by Gasteiger charge is 2.13. The van der Waals surface area contributed by atoms with Crippen molar-refractivity contribution in [2.24, 2.45) is 11.7 Å². The number of carbonyl (C=O) groups is 2. The summed E-state index contributed by atoms with van der Waals surface area (Å²) in [6.45, 7) is 4.21. The summed E-state index contributed by atoms with van der Waals surface area (Å²) in [5, 5.41) is 11.3. The summed E-state index contributed by atoms with van der Waals surface area (Å²) in [5.74, 6) is -0.739. The second kappa shape index (κ2) is 9.25. The molecule has 0 aliphatic heterocycles. The Morgan fingerprint density at radius 1 is 1.32 bits per heavy atom. The van der Waals surface area contributed by atoms with E-state index in [9.17, 15) is 9.59 Å². The Morgan fingerprint density at radius 3 is 2.64 bits per heavy atom. The zero-order valence-electron chi connectivity index (χ0n) is 13.0. The molecular formula is C16H23N3O2S. The Kier molecular flexibility index (Phi) is 7.66. The van der Waals surface area contributed by atoms with Crippen LogP contribution in [0.5, 0.6) is 0 Å². The van der Waals surface area contributed by atoms with Crippen LogP contribution in [0.4, 0.5) is 0 Å². The fourth-order valence-corrected chi connectivity index (χ4v) is 2.66. The molecule has 120 valence electrons. The van der Waals surface area contributed by atoms with Crippen LogP contribution in [0.25, 0.3) is 0 Å². The van der Waals surface area contributed by atoms with Crippen LogP contribution in [-0.4, -0.2) is 23.4 Å². The maximum atomic E-state index is 11.8. The number of carbonyl (C=O) groups excluding carboxylic acids is 2. The first-order valence-corrected chi connectivity index (χ1v) is 8.08. The third-order valence-corrected chi connectivity index (χ3v) is 4.38. The minimum absolute atomic E-state index is 0.102. The standard InChI is InChI=1S/C16H23N3O2S/c1-11-5-3-4-6-13(11)22-15(18)9-10-19-16(21)12(2)7-8-14(17)20/h3-6,12,18H,7-10H2,1-2H3,(H2,17,20)(H,19,21). The van der Waals surface area contributed by atoms with Gasteiger partial charge in [0.25, 0.3) is 0 Å². The van der Waals surface area contributed by atoms with Crippen LogP contribution in [0, 0.1) is 18.3 Å². The van der Waals surface area contributed by atoms with Gasteiger partial charge >= 0.3 is 0 Å². The summed E-state index contributed by atoms with van der Waals surface area (Å²) in [6.07, 6.45) is 1.16. The highest BCUT2D eigenvalue weighted by atomic mass is 32.2. The van der Waals surface area contributed by atoms with Gasteiger partial charge < -0.3 is 11.1 Å². The molecule has 0 aromatic heterocycles. The molecular weight excluding hydrogens is 298 g/mol. The molecule has 0 saturated carbocycles. The van der Waals surface area contributed by atoms with Gasteiger partial charge in [-0.05, 0) is 25.0 Å². The van der Waals surface area contributed by atoms with Gasteiger partial charge in [0.1, 0.15) is 0 Å². The van der Waals surface area contributed by atoms with Crippen LogP contribution in [0.1, 0.15) is 31.7 Å². The summed E-state index contributed by atoms with van der Waals surface area (Å²) in [4.78, 5) is 23.6. The smallest absolute Gasteiger partial charge is 0.222 e. The van der Waals surface area contributed by atoms with Crippen molar-refractivity contribution in [1.82, 2.24) is 5.32 Å². The number of amides is 2. The molecule has 1 rings (SSSR count). The average molecular weight is 321 g/mol. The molecule has 0 saturated heterocycles. The van der Waals surface area contributed by atoms with E-state index in [0.717, 1.165) is 10.5 Å². The Hall–Kier alpha value is -1.82. The van der Waals surface area contributed by atoms with Crippen LogP contribution < -0.4 is 11.1 Å². The van der Waals surface area contributed by atoms with Gasteiger partial charge in [0.2, 0.25) is 11.8 Å². The van der Waals surface area contributed by atoms with Gasteiger partial charge in [-0.3, -0.25) is 15.0 Å². The zero-order chi connectivity index (χ0) is 16.5. The molecule has 22 heavy (non-hydrogen) atoms. The molecule has 0 aliphatic rings. The molecule has 0 radical (unpaired) electrons. The van der Waals surface area contributed by atoms with Gasteiger partial charge in [0.15, 0.2) is 0 Å². The predicted octanol–water partition coefficient (Wildman–Crippen LogP) is 2.47. The summed E-state index contributed by atoms with van der Waals surface area (Å²) < 4.78 is 0. The lowest BCUT2D eigenvalue weighted by atomic mass is 10.0. The van der Waals surface area contributed by atoms with Gasteiger partial charge in [-0.25, -0.2) is 0 Å². The molecule has 1 atom stereocenters. The molecule has 0 spiro atoms. The normalized spacial score (nSPS) is 11.7. The third kappa shape index (κ3) is 6.76. The van der Waals surface area contributed by atoms with Crippen molar-refractivity contribution in [3.05, 3.63) is 29.8 Å². The summed E-state index contributed by atoms with van der Waals surface area (Å²) >= 11 is 1.42. The van der Waals surface area contributed by atoms with Crippen LogP contribution >= 0.6 is 11.8 Å². The number of nitrogens with one attached hydrogen (secondary N) is 2. The van der Waals surface area contributed by atoms with Crippen LogP contribution in [-0.2, 0) is 9.59 Å². The zero-order valence-corrected chi connectivity index (χ0v) is 13.8. The third-order valence-electron chi connectivity index (χ3n) is 3.25. The van der Waals surface area contributed by atoms with E-state index in [1.54, 1.807) is 6.92 Å². The predicted molar refractivity (Wildman–Crippen MR) is 90.0 cm³/mol. The number of hydrogen-bond acceptors (Lipinski definition) is 4. The first-order chi connectivity index (χ1) is 10.4. The van der Waals surface area contributed by atoms with E-state index in [0.29, 0.717) is 24.4 Å². The number of nitrogens with two attached hydrogens (primary N) is 1. The van der Waals surface area contributed by atoms with E-state index < -0.39 is 5.91 Å². The first kappa shape index (κ1) is 18.2. The maximum Gasteiger partial charge on any atom is 0.222 e. The molecule has 0 heterocycles. The highest BCUT2D eigenvalue weighted by Crippen LogP contribution is 2.23. The highest BCUT2D eigenvalue weighted by molar-refractivity contribution is 8.13. The number of primary amides is 1. The molecule has 0 fully saturated rings. The van der Waals surface area contributed by atoms with E-state index in [-0.39, 0.29) is 18.2 Å². The average Bonchev–Trinajstić information content (AvgIpc) is 2.47. The largest absolute Gasteiger partial charge is 0.370 e. The number of rotatable bonds is 8. The molecule has 1 aromatic carbocycles. The van der Waals surface area contributed by atoms with Crippen molar-refractivity contribution in [1.29, 1.82) is 5.41 Å². The van der Waals surface area contributed by atoms with Crippen LogP contribution in [0.3, 0.4) is 0 Å². The summed E-state index contributed by atoms with van der Waals surface area (Å²) in [7, 11) is 0. The summed E-state index contributed by atoms with van der Waals surface area (Å²) in [6, 6.07) is 7.92. The van der Waals surface area contributed by atoms with Crippen LogP contribution in [0.2, 0.25) is 0 Å². The van der Waals surface area contributed by atoms with Crippen molar-refractivity contribution < 1.29 is 9.59 Å². The van der Waals surface area contributed by atoms with E-state index >= 15 is 0 Å². The molecule has 0 aliphatic carbocycles. The minimum atomic E-state index is -0.393. The fraction of sp³-hybridized carbons (Fsp3) is 0.438. The van der Waals surface area contributed by atoms with Gasteiger partial charge in [-0.1, -0.05) is 36.9 Å². The Labute approximate surface area is 135 Å². The maximum absolute atomic E-state index is 11.8. The van der Waals surface area contributed by atoms with Crippen molar-refractivity contribution in [3.63, 3.8) is 0 Å². The first-order valence-electron chi connectivity index (χ1n) is 7.27. The Bertz CT molecular complexity index is 546. The quantitative estimate of drug-likeness (QED) is 0.390. The van der Waals surface area contributed by atoms with Crippen molar-refractivity contribution >= 4 is 28.6 Å². The molecule has 6 heteroatoms. The Morgan fingerprint density at radius 2 is 2.00 bits per heavy atom.